The summed E-state index contributed by atoms with van der Waals surface area (Å²) in [5.74, 6) is 0. The van der Waals surface area contributed by atoms with Crippen molar-refractivity contribution in [3.63, 3.8) is 0 Å². The number of hydrogen-bond acceptors (Lipinski definition) is 0. The molecular weight excluding hydrogens is 184 g/mol. The molecule has 0 nitrogen and oxygen atoms in total. The third-order valence-corrected chi connectivity index (χ3v) is 1.81. The van der Waals surface area contributed by atoms with Crippen molar-refractivity contribution < 1.29 is 17.6 Å². The van der Waals surface area contributed by atoms with Crippen LogP contribution >= 0.6 is 0 Å². The summed E-state index contributed by atoms with van der Waals surface area (Å²) in [5, 5.41) is 0. The Hall–Kier alpha value is -1.06. The second-order valence-electron chi connectivity index (χ2n) is 2.68. The van der Waals surface area contributed by atoms with Crippen LogP contribution in [-0.2, 0) is 0 Å². The van der Waals surface area contributed by atoms with E-state index in [0.717, 1.165) is 6.07 Å². The molecule has 0 saturated heterocycles. The molecule has 1 aromatic rings. The lowest BCUT2D eigenvalue weighted by molar-refractivity contribution is 0.124. The van der Waals surface area contributed by atoms with Crippen LogP contribution in [0.2, 0.25) is 0 Å². The highest BCUT2D eigenvalue weighted by Gasteiger charge is 2.20. The Labute approximate surface area is 73.2 Å². The molecule has 4 heteroatoms. The fraction of sp³-hybridized carbons (Fsp3) is 0.333. The maximum atomic E-state index is 12.3. The number of halogens is 4. The molecule has 0 heterocycles. The molecule has 0 radical (unpaired) electrons. The minimum Gasteiger partial charge on any atom is -0.205 e. The maximum absolute atomic E-state index is 12.3. The van der Waals surface area contributed by atoms with Gasteiger partial charge in [0.2, 0.25) is 0 Å². The fourth-order valence-electron chi connectivity index (χ4n) is 1.19. The smallest absolute Gasteiger partial charge is 0.205 e. The molecule has 0 aliphatic heterocycles. The van der Waals surface area contributed by atoms with E-state index in [1.807, 2.05) is 0 Å². The Bertz CT molecular complexity index is 294. The molecule has 13 heavy (non-hydrogen) atoms. The van der Waals surface area contributed by atoms with Gasteiger partial charge in [0.15, 0.2) is 0 Å². The highest BCUT2D eigenvalue weighted by Crippen LogP contribution is 2.32. The normalized spacial score (nSPS) is 11.3. The summed E-state index contributed by atoms with van der Waals surface area (Å²) in [5.41, 5.74) is -0.916. The van der Waals surface area contributed by atoms with Crippen LogP contribution in [0, 0.1) is 6.92 Å². The van der Waals surface area contributed by atoms with Crippen molar-refractivity contribution in [2.75, 3.05) is 0 Å². The molecule has 0 aliphatic carbocycles. The molecule has 0 saturated carbocycles. The van der Waals surface area contributed by atoms with Gasteiger partial charge < -0.3 is 0 Å². The molecule has 72 valence electrons. The SMILES string of the molecule is Cc1cccc(C(F)F)c1C(F)F. The Morgan fingerprint density at radius 1 is 1.00 bits per heavy atom. The van der Waals surface area contributed by atoms with Gasteiger partial charge in [0.05, 0.1) is 0 Å². The molecular formula is C9H8F4. The quantitative estimate of drug-likeness (QED) is 0.624. The lowest BCUT2D eigenvalue weighted by Gasteiger charge is -2.10. The molecule has 0 aromatic heterocycles. The molecule has 0 bridgehead atoms. The van der Waals surface area contributed by atoms with Gasteiger partial charge in [-0.2, -0.15) is 0 Å². The number of benzene rings is 1. The monoisotopic (exact) mass is 192 g/mol. The van der Waals surface area contributed by atoms with E-state index < -0.39 is 24.0 Å². The van der Waals surface area contributed by atoms with Crippen LogP contribution in [0.3, 0.4) is 0 Å². The van der Waals surface area contributed by atoms with Crippen molar-refractivity contribution in [3.8, 4) is 0 Å². The molecule has 0 atom stereocenters. The standard InChI is InChI=1S/C9H8F4/c1-5-3-2-4-6(8(10)11)7(5)9(12)13/h2-4,8-9H,1H3. The summed E-state index contributed by atoms with van der Waals surface area (Å²) >= 11 is 0. The van der Waals surface area contributed by atoms with E-state index in [2.05, 4.69) is 0 Å². The molecule has 0 aliphatic rings. The van der Waals surface area contributed by atoms with E-state index in [4.69, 9.17) is 0 Å². The van der Waals surface area contributed by atoms with Gasteiger partial charge in [-0.1, -0.05) is 18.2 Å². The van der Waals surface area contributed by atoms with Crippen LogP contribution in [0.15, 0.2) is 18.2 Å². The first-order valence-electron chi connectivity index (χ1n) is 3.69. The number of aryl methyl sites for hydroxylation is 1. The van der Waals surface area contributed by atoms with Gasteiger partial charge in [-0.25, -0.2) is 17.6 Å². The molecule has 1 rings (SSSR count). The van der Waals surface area contributed by atoms with Gasteiger partial charge >= 0.3 is 0 Å². The molecule has 0 unspecified atom stereocenters. The summed E-state index contributed by atoms with van der Waals surface area (Å²) in [4.78, 5) is 0. The first kappa shape index (κ1) is 10.0. The largest absolute Gasteiger partial charge is 0.264 e. The van der Waals surface area contributed by atoms with E-state index in [0.29, 0.717) is 0 Å². The molecule has 0 N–H and O–H groups in total. The van der Waals surface area contributed by atoms with Crippen LogP contribution in [0.5, 0.6) is 0 Å². The minimum absolute atomic E-state index is 0.202. The van der Waals surface area contributed by atoms with Crippen molar-refractivity contribution in [3.05, 3.63) is 34.9 Å². The van der Waals surface area contributed by atoms with E-state index in [1.165, 1.54) is 19.1 Å². The third-order valence-electron chi connectivity index (χ3n) is 1.81. The average molecular weight is 192 g/mol. The van der Waals surface area contributed by atoms with Crippen LogP contribution in [0.25, 0.3) is 0 Å². The Balaban J connectivity index is 3.26. The van der Waals surface area contributed by atoms with Gasteiger partial charge in [-0.05, 0) is 12.5 Å². The predicted molar refractivity (Wildman–Crippen MR) is 41.1 cm³/mol. The summed E-state index contributed by atoms with van der Waals surface area (Å²) in [6.07, 6.45) is -5.69. The van der Waals surface area contributed by atoms with E-state index in [9.17, 15) is 17.6 Å². The summed E-state index contributed by atoms with van der Waals surface area (Å²) in [7, 11) is 0. The van der Waals surface area contributed by atoms with Crippen molar-refractivity contribution in [2.45, 2.75) is 19.8 Å². The molecule has 0 spiro atoms. The van der Waals surface area contributed by atoms with Crippen molar-refractivity contribution in [1.29, 1.82) is 0 Å². The van der Waals surface area contributed by atoms with Crippen molar-refractivity contribution in [1.82, 2.24) is 0 Å². The summed E-state index contributed by atoms with van der Waals surface area (Å²) in [6.45, 7) is 1.40. The third kappa shape index (κ3) is 1.99. The highest BCUT2D eigenvalue weighted by molar-refractivity contribution is 5.36. The Kier molecular flexibility index (Phi) is 2.90. The van der Waals surface area contributed by atoms with Crippen molar-refractivity contribution in [2.24, 2.45) is 0 Å². The van der Waals surface area contributed by atoms with Crippen LogP contribution in [0.4, 0.5) is 17.6 Å². The lowest BCUT2D eigenvalue weighted by Crippen LogP contribution is -1.97. The summed E-state index contributed by atoms with van der Waals surface area (Å²) in [6, 6.07) is 3.77. The zero-order valence-corrected chi connectivity index (χ0v) is 6.90. The summed E-state index contributed by atoms with van der Waals surface area (Å²) < 4.78 is 49.1. The zero-order chi connectivity index (χ0) is 10.0. The molecule has 1 aromatic carbocycles. The van der Waals surface area contributed by atoms with Crippen LogP contribution in [0.1, 0.15) is 29.5 Å². The highest BCUT2D eigenvalue weighted by atomic mass is 19.3. The second-order valence-corrected chi connectivity index (χ2v) is 2.68. The second kappa shape index (κ2) is 3.77. The Morgan fingerprint density at radius 3 is 2.00 bits per heavy atom. The zero-order valence-electron chi connectivity index (χ0n) is 6.90. The van der Waals surface area contributed by atoms with E-state index in [-0.39, 0.29) is 5.56 Å². The van der Waals surface area contributed by atoms with Gasteiger partial charge in [-0.3, -0.25) is 0 Å². The van der Waals surface area contributed by atoms with Crippen LogP contribution < -0.4 is 0 Å². The van der Waals surface area contributed by atoms with Gasteiger partial charge in [0.1, 0.15) is 0 Å². The van der Waals surface area contributed by atoms with Gasteiger partial charge in [0, 0.05) is 11.1 Å². The number of alkyl halides is 4. The fourth-order valence-corrected chi connectivity index (χ4v) is 1.19. The van der Waals surface area contributed by atoms with E-state index >= 15 is 0 Å². The molecule has 0 fully saturated rings. The number of rotatable bonds is 2. The van der Waals surface area contributed by atoms with Crippen molar-refractivity contribution >= 4 is 0 Å². The molecule has 0 amide bonds. The van der Waals surface area contributed by atoms with E-state index in [1.54, 1.807) is 0 Å². The number of hydrogen-bond donors (Lipinski definition) is 0. The lowest BCUT2D eigenvalue weighted by atomic mass is 10.0. The average Bonchev–Trinajstić information content (AvgIpc) is 2.02. The topological polar surface area (TPSA) is 0 Å². The minimum atomic E-state index is -2.84. The van der Waals surface area contributed by atoms with Gasteiger partial charge in [0.25, 0.3) is 12.9 Å². The Morgan fingerprint density at radius 2 is 1.62 bits per heavy atom. The van der Waals surface area contributed by atoms with Gasteiger partial charge in [-0.15, -0.1) is 0 Å². The first-order chi connectivity index (χ1) is 6.04. The first-order valence-corrected chi connectivity index (χ1v) is 3.69. The van der Waals surface area contributed by atoms with Crippen LogP contribution in [-0.4, -0.2) is 0 Å². The predicted octanol–water partition coefficient (Wildman–Crippen LogP) is 3.87. The maximum Gasteiger partial charge on any atom is 0.264 e.